The lowest BCUT2D eigenvalue weighted by atomic mass is 9.92. The van der Waals surface area contributed by atoms with Crippen molar-refractivity contribution >= 4 is 11.6 Å². The van der Waals surface area contributed by atoms with Gasteiger partial charge in [0, 0.05) is 17.1 Å². The number of rotatable bonds is 5. The quantitative estimate of drug-likeness (QED) is 0.885. The molecular formula is C16H17ClFNO. The van der Waals surface area contributed by atoms with E-state index in [1.807, 2.05) is 37.3 Å². The van der Waals surface area contributed by atoms with Crippen LogP contribution in [0.2, 0.25) is 5.02 Å². The van der Waals surface area contributed by atoms with E-state index in [0.29, 0.717) is 10.6 Å². The van der Waals surface area contributed by atoms with Crippen LogP contribution in [-0.2, 0) is 12.1 Å². The summed E-state index contributed by atoms with van der Waals surface area (Å²) in [6.07, 6.45) is 0. The van der Waals surface area contributed by atoms with Gasteiger partial charge < -0.3 is 10.4 Å². The number of aliphatic hydroxyl groups excluding tert-OH is 1. The Kier molecular flexibility index (Phi) is 4.76. The average Bonchev–Trinajstić information content (AvgIpc) is 2.47. The van der Waals surface area contributed by atoms with Crippen LogP contribution in [0.3, 0.4) is 0 Å². The minimum atomic E-state index is -0.646. The van der Waals surface area contributed by atoms with Crippen molar-refractivity contribution in [1.82, 2.24) is 5.32 Å². The lowest BCUT2D eigenvalue weighted by Gasteiger charge is -2.29. The van der Waals surface area contributed by atoms with Crippen molar-refractivity contribution in [2.75, 3.05) is 6.61 Å². The van der Waals surface area contributed by atoms with E-state index in [0.717, 1.165) is 5.56 Å². The van der Waals surface area contributed by atoms with E-state index in [1.165, 1.54) is 6.07 Å². The highest BCUT2D eigenvalue weighted by molar-refractivity contribution is 6.31. The SMILES string of the molecule is CC(CO)(NCc1c(F)cccc1Cl)c1ccccc1. The van der Waals surface area contributed by atoms with Crippen LogP contribution in [0, 0.1) is 5.82 Å². The van der Waals surface area contributed by atoms with Gasteiger partial charge in [0.25, 0.3) is 0 Å². The molecule has 0 radical (unpaired) electrons. The number of hydrogen-bond donors (Lipinski definition) is 2. The molecule has 1 unspecified atom stereocenters. The van der Waals surface area contributed by atoms with Crippen molar-refractivity contribution in [2.24, 2.45) is 0 Å². The summed E-state index contributed by atoms with van der Waals surface area (Å²) in [7, 11) is 0. The summed E-state index contributed by atoms with van der Waals surface area (Å²) in [6.45, 7) is 2.03. The Morgan fingerprint density at radius 1 is 1.15 bits per heavy atom. The third kappa shape index (κ3) is 3.18. The second kappa shape index (κ2) is 6.35. The predicted molar refractivity (Wildman–Crippen MR) is 79.1 cm³/mol. The summed E-state index contributed by atoms with van der Waals surface area (Å²) in [5.74, 6) is -0.349. The molecule has 0 heterocycles. The van der Waals surface area contributed by atoms with Crippen molar-refractivity contribution in [3.05, 3.63) is 70.5 Å². The van der Waals surface area contributed by atoms with Gasteiger partial charge in [-0.3, -0.25) is 0 Å². The minimum Gasteiger partial charge on any atom is -0.394 e. The van der Waals surface area contributed by atoms with Crippen molar-refractivity contribution < 1.29 is 9.50 Å². The van der Waals surface area contributed by atoms with E-state index in [-0.39, 0.29) is 19.0 Å². The minimum absolute atomic E-state index is 0.0942. The zero-order valence-corrected chi connectivity index (χ0v) is 12.0. The molecule has 0 fully saturated rings. The summed E-state index contributed by atoms with van der Waals surface area (Å²) in [5, 5.41) is 13.2. The summed E-state index contributed by atoms with van der Waals surface area (Å²) in [5.41, 5.74) is 0.701. The number of aliphatic hydroxyl groups is 1. The first-order chi connectivity index (χ1) is 9.57. The zero-order chi connectivity index (χ0) is 14.6. The highest BCUT2D eigenvalue weighted by Gasteiger charge is 2.25. The Morgan fingerprint density at radius 2 is 1.85 bits per heavy atom. The first kappa shape index (κ1) is 15.0. The average molecular weight is 294 g/mol. The second-order valence-electron chi connectivity index (χ2n) is 4.91. The van der Waals surface area contributed by atoms with Crippen LogP contribution >= 0.6 is 11.6 Å². The predicted octanol–water partition coefficient (Wildman–Crippen LogP) is 3.48. The van der Waals surface area contributed by atoms with Gasteiger partial charge in [0.2, 0.25) is 0 Å². The molecule has 0 spiro atoms. The summed E-state index contributed by atoms with van der Waals surface area (Å²) >= 11 is 6.01. The monoisotopic (exact) mass is 293 g/mol. The molecule has 106 valence electrons. The molecule has 20 heavy (non-hydrogen) atoms. The van der Waals surface area contributed by atoms with Crippen LogP contribution in [0.15, 0.2) is 48.5 Å². The molecular weight excluding hydrogens is 277 g/mol. The van der Waals surface area contributed by atoms with Gasteiger partial charge in [-0.15, -0.1) is 0 Å². The molecule has 0 aliphatic carbocycles. The summed E-state index contributed by atoms with van der Waals surface area (Å²) in [4.78, 5) is 0. The van der Waals surface area contributed by atoms with E-state index in [4.69, 9.17) is 11.6 Å². The Bertz CT molecular complexity index is 556. The Labute approximate surface area is 123 Å². The van der Waals surface area contributed by atoms with E-state index in [2.05, 4.69) is 5.32 Å². The Morgan fingerprint density at radius 3 is 2.45 bits per heavy atom. The van der Waals surface area contributed by atoms with Crippen LogP contribution < -0.4 is 5.32 Å². The maximum absolute atomic E-state index is 13.7. The van der Waals surface area contributed by atoms with Gasteiger partial charge in [0.15, 0.2) is 0 Å². The van der Waals surface area contributed by atoms with Crippen LogP contribution in [0.25, 0.3) is 0 Å². The van der Waals surface area contributed by atoms with Gasteiger partial charge in [-0.05, 0) is 24.6 Å². The van der Waals surface area contributed by atoms with Crippen LogP contribution in [0.1, 0.15) is 18.1 Å². The van der Waals surface area contributed by atoms with Crippen LogP contribution in [0.4, 0.5) is 4.39 Å². The van der Waals surface area contributed by atoms with Crippen molar-refractivity contribution in [2.45, 2.75) is 19.0 Å². The largest absolute Gasteiger partial charge is 0.394 e. The zero-order valence-electron chi connectivity index (χ0n) is 11.2. The van der Waals surface area contributed by atoms with Gasteiger partial charge in [-0.2, -0.15) is 0 Å². The molecule has 2 N–H and O–H groups in total. The third-order valence-electron chi connectivity index (χ3n) is 3.44. The molecule has 2 nitrogen and oxygen atoms in total. The maximum Gasteiger partial charge on any atom is 0.129 e. The number of benzene rings is 2. The van der Waals surface area contributed by atoms with E-state index in [9.17, 15) is 9.50 Å². The lowest BCUT2D eigenvalue weighted by Crippen LogP contribution is -2.42. The summed E-state index contributed by atoms with van der Waals surface area (Å²) in [6, 6.07) is 14.2. The van der Waals surface area contributed by atoms with Crippen molar-refractivity contribution in [3.8, 4) is 0 Å². The number of nitrogens with one attached hydrogen (secondary N) is 1. The molecule has 2 aromatic rings. The molecule has 1 atom stereocenters. The molecule has 2 rings (SSSR count). The van der Waals surface area contributed by atoms with Gasteiger partial charge >= 0.3 is 0 Å². The molecule has 0 amide bonds. The smallest absolute Gasteiger partial charge is 0.129 e. The topological polar surface area (TPSA) is 32.3 Å². The molecule has 4 heteroatoms. The Balaban J connectivity index is 2.20. The normalized spacial score (nSPS) is 14.0. The third-order valence-corrected chi connectivity index (χ3v) is 3.80. The van der Waals surface area contributed by atoms with Gasteiger partial charge in [-0.1, -0.05) is 48.0 Å². The summed E-state index contributed by atoms with van der Waals surface area (Å²) < 4.78 is 13.7. The second-order valence-corrected chi connectivity index (χ2v) is 5.32. The van der Waals surface area contributed by atoms with Gasteiger partial charge in [0.05, 0.1) is 12.1 Å². The molecule has 0 saturated carbocycles. The standard InChI is InChI=1S/C16H17ClFNO/c1-16(11-20,12-6-3-2-4-7-12)19-10-13-14(17)8-5-9-15(13)18/h2-9,19-20H,10-11H2,1H3. The fraction of sp³-hybridized carbons (Fsp3) is 0.250. The molecule has 0 bridgehead atoms. The van der Waals surface area contributed by atoms with E-state index in [1.54, 1.807) is 12.1 Å². The highest BCUT2D eigenvalue weighted by atomic mass is 35.5. The van der Waals surface area contributed by atoms with Crippen molar-refractivity contribution in [3.63, 3.8) is 0 Å². The van der Waals surface area contributed by atoms with Crippen LogP contribution in [0.5, 0.6) is 0 Å². The first-order valence-corrected chi connectivity index (χ1v) is 6.79. The van der Waals surface area contributed by atoms with E-state index < -0.39 is 5.54 Å². The fourth-order valence-corrected chi connectivity index (χ4v) is 2.27. The highest BCUT2D eigenvalue weighted by Crippen LogP contribution is 2.23. The molecule has 0 saturated heterocycles. The number of hydrogen-bond acceptors (Lipinski definition) is 2. The van der Waals surface area contributed by atoms with Crippen molar-refractivity contribution in [1.29, 1.82) is 0 Å². The lowest BCUT2D eigenvalue weighted by molar-refractivity contribution is 0.173. The number of halogens is 2. The molecule has 0 aliphatic rings. The molecule has 2 aromatic carbocycles. The maximum atomic E-state index is 13.7. The first-order valence-electron chi connectivity index (χ1n) is 6.41. The molecule has 0 aromatic heterocycles. The van der Waals surface area contributed by atoms with Crippen LogP contribution in [-0.4, -0.2) is 11.7 Å². The Hall–Kier alpha value is -1.42. The molecule has 0 aliphatic heterocycles. The van der Waals surface area contributed by atoms with Gasteiger partial charge in [-0.25, -0.2) is 4.39 Å². The van der Waals surface area contributed by atoms with Gasteiger partial charge in [0.1, 0.15) is 5.82 Å². The fourth-order valence-electron chi connectivity index (χ4n) is 2.04. The van der Waals surface area contributed by atoms with E-state index >= 15 is 0 Å².